The highest BCUT2D eigenvalue weighted by Crippen LogP contribution is 2.52. The summed E-state index contributed by atoms with van der Waals surface area (Å²) in [5.41, 5.74) is 5.95. The lowest BCUT2D eigenvalue weighted by atomic mass is 9.99. The van der Waals surface area contributed by atoms with E-state index in [4.69, 9.17) is 30.6 Å². The van der Waals surface area contributed by atoms with E-state index in [1.807, 2.05) is 47.4 Å². The summed E-state index contributed by atoms with van der Waals surface area (Å²) in [7, 11) is 0. The smallest absolute Gasteiger partial charge is 0.257 e. The van der Waals surface area contributed by atoms with Gasteiger partial charge in [-0.3, -0.25) is 9.69 Å². The Morgan fingerprint density at radius 2 is 2.07 bits per heavy atom. The summed E-state index contributed by atoms with van der Waals surface area (Å²) in [4.78, 5) is 25.4. The van der Waals surface area contributed by atoms with Gasteiger partial charge in [0.15, 0.2) is 11.9 Å². The molecule has 0 spiro atoms. The molecule has 9 rings (SSSR count). The summed E-state index contributed by atoms with van der Waals surface area (Å²) in [6.45, 7) is 2.60. The van der Waals surface area contributed by atoms with Crippen molar-refractivity contribution in [3.8, 4) is 17.0 Å². The molecule has 5 aromatic rings. The molecule has 1 fully saturated rings. The van der Waals surface area contributed by atoms with Crippen LogP contribution in [0.15, 0.2) is 53.3 Å². The molecule has 11 heteroatoms. The number of halogens is 1. The van der Waals surface area contributed by atoms with Crippen molar-refractivity contribution in [3.63, 3.8) is 0 Å². The number of amides is 1. The first-order valence-corrected chi connectivity index (χ1v) is 14.8. The number of nitrogens with one attached hydrogen (secondary N) is 1. The molecule has 4 aliphatic rings. The monoisotopic (exact) mass is 583 g/mol. The Morgan fingerprint density at radius 3 is 3.02 bits per heavy atom. The van der Waals surface area contributed by atoms with Gasteiger partial charge in [0.1, 0.15) is 12.1 Å². The predicted octanol–water partition coefficient (Wildman–Crippen LogP) is 5.01. The fourth-order valence-electron chi connectivity index (χ4n) is 6.71. The number of fused-ring (bicyclic) bond motifs is 6. The largest absolute Gasteiger partial charge is 0.481 e. The van der Waals surface area contributed by atoms with Crippen LogP contribution in [0, 0.1) is 0 Å². The maximum absolute atomic E-state index is 13.3. The van der Waals surface area contributed by atoms with Crippen molar-refractivity contribution in [2.24, 2.45) is 0 Å². The van der Waals surface area contributed by atoms with Crippen molar-refractivity contribution >= 4 is 39.1 Å². The number of nitrogens with zero attached hydrogens (tertiary/aromatic N) is 4. The predicted molar refractivity (Wildman–Crippen MR) is 151 cm³/mol. The van der Waals surface area contributed by atoms with E-state index in [1.54, 1.807) is 6.33 Å². The molecule has 1 amide bonds. The van der Waals surface area contributed by atoms with Crippen LogP contribution in [0.25, 0.3) is 21.5 Å². The average molecular weight is 584 g/mol. The third-order valence-electron chi connectivity index (χ3n) is 8.50. The van der Waals surface area contributed by atoms with Gasteiger partial charge < -0.3 is 19.3 Å². The lowest BCUT2D eigenvalue weighted by molar-refractivity contribution is -0.0275. The van der Waals surface area contributed by atoms with Gasteiger partial charge in [0.05, 0.1) is 33.1 Å². The average Bonchev–Trinajstić information content (AvgIpc) is 3.80. The van der Waals surface area contributed by atoms with Crippen molar-refractivity contribution in [1.82, 2.24) is 25.3 Å². The van der Waals surface area contributed by atoms with Gasteiger partial charge >= 0.3 is 0 Å². The van der Waals surface area contributed by atoms with Crippen LogP contribution in [0.3, 0.4) is 0 Å². The Balaban J connectivity index is 1.17. The van der Waals surface area contributed by atoms with Gasteiger partial charge in [-0.2, -0.15) is 0 Å². The second-order valence-corrected chi connectivity index (χ2v) is 12.2. The quantitative estimate of drug-likeness (QED) is 0.316. The molecule has 2 atom stereocenters. The third kappa shape index (κ3) is 3.24. The van der Waals surface area contributed by atoms with E-state index in [9.17, 15) is 4.79 Å². The highest BCUT2D eigenvalue weighted by molar-refractivity contribution is 7.19. The highest BCUT2D eigenvalue weighted by Gasteiger charge is 2.56. The number of carbonyl (C=O) groups excluding carboxylic acids is 1. The molecule has 204 valence electrons. The lowest BCUT2D eigenvalue weighted by Gasteiger charge is -2.30. The van der Waals surface area contributed by atoms with Gasteiger partial charge in [-0.15, -0.1) is 11.3 Å². The van der Waals surface area contributed by atoms with Crippen LogP contribution >= 0.6 is 22.9 Å². The molecule has 2 unspecified atom stereocenters. The van der Waals surface area contributed by atoms with E-state index in [1.165, 1.54) is 11.3 Å². The first kappa shape index (κ1) is 23.8. The van der Waals surface area contributed by atoms with Crippen LogP contribution in [0.5, 0.6) is 5.75 Å². The number of rotatable bonds is 3. The standard InChI is InChI=1S/C30H22ClN5O4S/c31-16-9-15-10-23(27-19-13-32-6-5-21(19)35-40-27)39-26(15)18(11-16)25-28-22(33-14-34-25)12-24(41-28)30-20-4-2-1-3-17(20)29(37)36(30)7-8-38-30/h1-4,9,11-12,14,23,32H,5-8,10,13H2. The molecule has 0 saturated carbocycles. The zero-order valence-electron chi connectivity index (χ0n) is 21.6. The Morgan fingerprint density at radius 1 is 1.15 bits per heavy atom. The fraction of sp³-hybridized carbons (Fsp3) is 0.267. The van der Waals surface area contributed by atoms with Gasteiger partial charge in [0.25, 0.3) is 5.91 Å². The zero-order valence-corrected chi connectivity index (χ0v) is 23.2. The molecule has 2 aromatic carbocycles. The van der Waals surface area contributed by atoms with Gasteiger partial charge in [-0.25, -0.2) is 9.97 Å². The van der Waals surface area contributed by atoms with Crippen molar-refractivity contribution in [3.05, 3.63) is 92.4 Å². The van der Waals surface area contributed by atoms with E-state index >= 15 is 0 Å². The number of ether oxygens (including phenoxy) is 2. The minimum absolute atomic E-state index is 0.0150. The second-order valence-electron chi connectivity index (χ2n) is 10.7. The Kier molecular flexibility index (Phi) is 4.99. The third-order valence-corrected chi connectivity index (χ3v) is 9.94. The van der Waals surface area contributed by atoms with Crippen molar-refractivity contribution < 1.29 is 18.8 Å². The van der Waals surface area contributed by atoms with Crippen LogP contribution in [-0.2, 0) is 29.8 Å². The molecule has 9 nitrogen and oxygen atoms in total. The molecule has 41 heavy (non-hydrogen) atoms. The van der Waals surface area contributed by atoms with Crippen LogP contribution < -0.4 is 10.1 Å². The van der Waals surface area contributed by atoms with E-state index < -0.39 is 5.72 Å². The molecule has 7 heterocycles. The van der Waals surface area contributed by atoms with Crippen molar-refractivity contribution in [2.75, 3.05) is 19.7 Å². The van der Waals surface area contributed by atoms with Crippen LogP contribution in [0.1, 0.15) is 49.5 Å². The van der Waals surface area contributed by atoms with Gasteiger partial charge in [0.2, 0.25) is 5.72 Å². The Hall–Kier alpha value is -3.83. The Labute approximate surface area is 243 Å². The van der Waals surface area contributed by atoms with E-state index in [-0.39, 0.29) is 12.0 Å². The normalized spacial score (nSPS) is 22.5. The van der Waals surface area contributed by atoms with Crippen molar-refractivity contribution in [1.29, 1.82) is 0 Å². The number of aromatic nitrogens is 3. The van der Waals surface area contributed by atoms with E-state index in [2.05, 4.69) is 15.5 Å². The van der Waals surface area contributed by atoms with E-state index in [0.717, 1.165) is 79.8 Å². The Bertz CT molecular complexity index is 1920. The molecule has 1 saturated heterocycles. The summed E-state index contributed by atoms with van der Waals surface area (Å²) in [6, 6.07) is 13.5. The van der Waals surface area contributed by atoms with Gasteiger partial charge in [-0.1, -0.05) is 35.0 Å². The van der Waals surface area contributed by atoms with Crippen LogP contribution in [0.4, 0.5) is 0 Å². The number of carbonyl (C=O) groups is 1. The number of benzene rings is 2. The summed E-state index contributed by atoms with van der Waals surface area (Å²) in [5, 5.41) is 8.32. The fourth-order valence-corrected chi connectivity index (χ4v) is 8.23. The zero-order chi connectivity index (χ0) is 27.3. The van der Waals surface area contributed by atoms with Gasteiger partial charge in [-0.05, 0) is 24.3 Å². The topological polar surface area (TPSA) is 103 Å². The minimum atomic E-state index is -0.965. The summed E-state index contributed by atoms with van der Waals surface area (Å²) in [6.07, 6.45) is 2.73. The van der Waals surface area contributed by atoms with Crippen LogP contribution in [0.2, 0.25) is 5.02 Å². The molecule has 4 aliphatic heterocycles. The highest BCUT2D eigenvalue weighted by atomic mass is 35.5. The first-order chi connectivity index (χ1) is 20.1. The second kappa shape index (κ2) is 8.59. The molecule has 1 N–H and O–H groups in total. The van der Waals surface area contributed by atoms with E-state index in [0.29, 0.717) is 30.2 Å². The maximum Gasteiger partial charge on any atom is 0.257 e. The van der Waals surface area contributed by atoms with Crippen molar-refractivity contribution in [2.45, 2.75) is 31.2 Å². The minimum Gasteiger partial charge on any atom is -0.481 e. The van der Waals surface area contributed by atoms with Crippen LogP contribution in [-0.4, -0.2) is 45.6 Å². The summed E-state index contributed by atoms with van der Waals surface area (Å²) in [5.74, 6) is 1.49. The molecule has 3 aromatic heterocycles. The SMILES string of the molecule is O=C1c2ccccc2C2(c3cc4ncnc(-c5cc(Cl)cc6c5OC(c5onc7c5CNCC7)C6)c4s3)OCCN12. The number of hydrogen-bond donors (Lipinski definition) is 1. The number of hydrogen-bond acceptors (Lipinski definition) is 9. The summed E-state index contributed by atoms with van der Waals surface area (Å²) < 4.78 is 19.7. The molecular weight excluding hydrogens is 562 g/mol. The maximum atomic E-state index is 13.3. The molecule has 0 bridgehead atoms. The lowest BCUT2D eigenvalue weighted by Crippen LogP contribution is -2.39. The van der Waals surface area contributed by atoms with Gasteiger partial charge in [0, 0.05) is 65.3 Å². The number of thiophene rings is 1. The molecule has 0 aliphatic carbocycles. The first-order valence-electron chi connectivity index (χ1n) is 13.6. The molecule has 0 radical (unpaired) electrons. The summed E-state index contributed by atoms with van der Waals surface area (Å²) >= 11 is 8.20. The molecular formula is C30H22ClN5O4S.